The molecule has 1 aliphatic rings. The Morgan fingerprint density at radius 2 is 2.41 bits per heavy atom. The molecule has 0 amide bonds. The summed E-state index contributed by atoms with van der Waals surface area (Å²) in [6.07, 6.45) is 4.28. The van der Waals surface area contributed by atoms with Crippen molar-refractivity contribution in [3.63, 3.8) is 0 Å². The van der Waals surface area contributed by atoms with Crippen LogP contribution in [0.1, 0.15) is 31.1 Å². The van der Waals surface area contributed by atoms with Crippen LogP contribution in [0.15, 0.2) is 12.1 Å². The topological polar surface area (TPSA) is 47.3 Å². The third-order valence-electron chi connectivity index (χ3n) is 3.47. The van der Waals surface area contributed by atoms with Crippen LogP contribution < -0.4 is 11.3 Å². The molecular formula is C12H19ClN2OS. The number of hydrogen-bond acceptors (Lipinski definition) is 4. The lowest BCUT2D eigenvalue weighted by atomic mass is 9.86. The molecule has 0 bridgehead atoms. The van der Waals surface area contributed by atoms with Crippen LogP contribution in [-0.4, -0.2) is 18.2 Å². The van der Waals surface area contributed by atoms with Gasteiger partial charge in [0.05, 0.1) is 16.0 Å². The van der Waals surface area contributed by atoms with Crippen LogP contribution in [0.2, 0.25) is 4.34 Å². The summed E-state index contributed by atoms with van der Waals surface area (Å²) < 4.78 is 6.75. The van der Waals surface area contributed by atoms with Crippen LogP contribution in [0.4, 0.5) is 0 Å². The number of nitrogens with two attached hydrogens (primary N) is 1. The number of rotatable bonds is 4. The Bertz CT molecular complexity index is 363. The lowest BCUT2D eigenvalue weighted by Crippen LogP contribution is -2.55. The highest BCUT2D eigenvalue weighted by atomic mass is 35.5. The van der Waals surface area contributed by atoms with Gasteiger partial charge in [-0.25, -0.2) is 0 Å². The Morgan fingerprint density at radius 3 is 2.94 bits per heavy atom. The molecular weight excluding hydrogens is 256 g/mol. The number of halogens is 1. The van der Waals surface area contributed by atoms with E-state index in [4.69, 9.17) is 22.2 Å². The van der Waals surface area contributed by atoms with E-state index in [9.17, 15) is 0 Å². The lowest BCUT2D eigenvalue weighted by molar-refractivity contribution is -0.0883. The van der Waals surface area contributed by atoms with Crippen molar-refractivity contribution in [3.8, 4) is 0 Å². The van der Waals surface area contributed by atoms with Crippen molar-refractivity contribution in [2.75, 3.05) is 6.61 Å². The van der Waals surface area contributed by atoms with Crippen LogP contribution >= 0.6 is 22.9 Å². The maximum absolute atomic E-state index is 5.94. The number of thiophene rings is 1. The van der Waals surface area contributed by atoms with Crippen LogP contribution in [-0.2, 0) is 11.2 Å². The Kier molecular flexibility index (Phi) is 4.44. The molecule has 17 heavy (non-hydrogen) atoms. The van der Waals surface area contributed by atoms with Gasteiger partial charge < -0.3 is 4.74 Å². The second-order valence-corrected chi connectivity index (χ2v) is 6.55. The monoisotopic (exact) mass is 274 g/mol. The van der Waals surface area contributed by atoms with Crippen molar-refractivity contribution in [2.24, 2.45) is 5.84 Å². The summed E-state index contributed by atoms with van der Waals surface area (Å²) in [4.78, 5) is 1.24. The molecule has 5 heteroatoms. The number of hydrogen-bond donors (Lipinski definition) is 2. The molecule has 0 saturated carbocycles. The van der Waals surface area contributed by atoms with Gasteiger partial charge in [-0.05, 0) is 38.3 Å². The summed E-state index contributed by atoms with van der Waals surface area (Å²) in [6, 6.07) is 4.13. The van der Waals surface area contributed by atoms with Gasteiger partial charge in [-0.15, -0.1) is 11.3 Å². The molecule has 96 valence electrons. The van der Waals surface area contributed by atoms with Crippen molar-refractivity contribution in [1.29, 1.82) is 0 Å². The number of ether oxygens (including phenoxy) is 1. The summed E-state index contributed by atoms with van der Waals surface area (Å²) in [5, 5.41) is 0. The molecule has 2 heterocycles. The van der Waals surface area contributed by atoms with Gasteiger partial charge in [-0.2, -0.15) is 0 Å². The van der Waals surface area contributed by atoms with E-state index in [0.717, 1.165) is 30.2 Å². The molecule has 0 aliphatic carbocycles. The fraction of sp³-hybridized carbons (Fsp3) is 0.667. The molecule has 0 aromatic carbocycles. The number of hydrazine groups is 1. The van der Waals surface area contributed by atoms with Gasteiger partial charge in [0.2, 0.25) is 0 Å². The van der Waals surface area contributed by atoms with E-state index in [-0.39, 0.29) is 11.6 Å². The van der Waals surface area contributed by atoms with Gasteiger partial charge in [0.15, 0.2) is 0 Å². The Labute approximate surface area is 111 Å². The van der Waals surface area contributed by atoms with E-state index in [1.807, 2.05) is 6.07 Å². The summed E-state index contributed by atoms with van der Waals surface area (Å²) in [5.41, 5.74) is 2.75. The summed E-state index contributed by atoms with van der Waals surface area (Å²) in [7, 11) is 0. The molecule has 0 spiro atoms. The lowest BCUT2D eigenvalue weighted by Gasteiger charge is -2.40. The third-order valence-corrected chi connectivity index (χ3v) is 4.73. The second-order valence-electron chi connectivity index (χ2n) is 4.75. The minimum Gasteiger partial charge on any atom is -0.374 e. The van der Waals surface area contributed by atoms with Crippen LogP contribution in [0.5, 0.6) is 0 Å². The van der Waals surface area contributed by atoms with Gasteiger partial charge in [-0.3, -0.25) is 11.3 Å². The number of nitrogens with one attached hydrogen (secondary N) is 1. The maximum Gasteiger partial charge on any atom is 0.0931 e. The molecule has 2 rings (SSSR count). The van der Waals surface area contributed by atoms with E-state index in [1.54, 1.807) is 11.3 Å². The molecule has 1 aromatic rings. The average Bonchev–Trinajstić information content (AvgIpc) is 2.72. The summed E-state index contributed by atoms with van der Waals surface area (Å²) in [5.74, 6) is 5.69. The quantitative estimate of drug-likeness (QED) is 0.656. The standard InChI is InChI=1S/C12H19ClN2OS/c1-12(6-2-3-7-16-12)10(15-14)8-9-4-5-11(13)17-9/h4-5,10,15H,2-3,6-8,14H2,1H3. The third kappa shape index (κ3) is 3.20. The van der Waals surface area contributed by atoms with Gasteiger partial charge in [0.1, 0.15) is 0 Å². The maximum atomic E-state index is 5.94. The zero-order valence-corrected chi connectivity index (χ0v) is 11.6. The fourth-order valence-corrected chi connectivity index (χ4v) is 3.48. The predicted molar refractivity (Wildman–Crippen MR) is 72.4 cm³/mol. The minimum absolute atomic E-state index is 0.137. The highest BCUT2D eigenvalue weighted by molar-refractivity contribution is 7.16. The molecule has 3 N–H and O–H groups in total. The van der Waals surface area contributed by atoms with E-state index in [0.29, 0.717) is 0 Å². The first-order chi connectivity index (χ1) is 8.14. The fourth-order valence-electron chi connectivity index (χ4n) is 2.34. The average molecular weight is 275 g/mol. The van der Waals surface area contributed by atoms with E-state index in [1.165, 1.54) is 11.3 Å². The van der Waals surface area contributed by atoms with Crippen LogP contribution in [0.25, 0.3) is 0 Å². The van der Waals surface area contributed by atoms with E-state index >= 15 is 0 Å². The molecule has 3 nitrogen and oxygen atoms in total. The SMILES string of the molecule is CC1(C(Cc2ccc(Cl)s2)NN)CCCCO1. The van der Waals surface area contributed by atoms with Gasteiger partial charge >= 0.3 is 0 Å². The zero-order chi connectivity index (χ0) is 12.3. The van der Waals surface area contributed by atoms with E-state index in [2.05, 4.69) is 18.4 Å². The van der Waals surface area contributed by atoms with Gasteiger partial charge in [0, 0.05) is 17.9 Å². The van der Waals surface area contributed by atoms with Crippen LogP contribution in [0, 0.1) is 0 Å². The highest BCUT2D eigenvalue weighted by Crippen LogP contribution is 2.31. The molecule has 0 radical (unpaired) electrons. The Morgan fingerprint density at radius 1 is 1.59 bits per heavy atom. The second kappa shape index (κ2) is 5.67. The summed E-state index contributed by atoms with van der Waals surface area (Å²) >= 11 is 7.55. The van der Waals surface area contributed by atoms with Crippen molar-refractivity contribution in [3.05, 3.63) is 21.3 Å². The van der Waals surface area contributed by atoms with Gasteiger partial charge in [-0.1, -0.05) is 11.6 Å². The summed E-state index contributed by atoms with van der Waals surface area (Å²) in [6.45, 7) is 2.98. The first-order valence-electron chi connectivity index (χ1n) is 5.98. The minimum atomic E-state index is -0.163. The van der Waals surface area contributed by atoms with Crippen molar-refractivity contribution in [2.45, 2.75) is 44.2 Å². The molecule has 2 unspecified atom stereocenters. The Balaban J connectivity index is 2.05. The molecule has 2 atom stereocenters. The zero-order valence-electron chi connectivity index (χ0n) is 10.0. The molecule has 1 fully saturated rings. The largest absolute Gasteiger partial charge is 0.374 e. The highest BCUT2D eigenvalue weighted by Gasteiger charge is 2.36. The van der Waals surface area contributed by atoms with Crippen molar-refractivity contribution in [1.82, 2.24) is 5.43 Å². The smallest absolute Gasteiger partial charge is 0.0931 e. The van der Waals surface area contributed by atoms with Crippen molar-refractivity contribution >= 4 is 22.9 Å². The Hall–Kier alpha value is -0.130. The van der Waals surface area contributed by atoms with E-state index < -0.39 is 0 Å². The molecule has 1 saturated heterocycles. The van der Waals surface area contributed by atoms with Crippen molar-refractivity contribution < 1.29 is 4.74 Å². The first kappa shape index (κ1) is 13.3. The van der Waals surface area contributed by atoms with Gasteiger partial charge in [0.25, 0.3) is 0 Å². The van der Waals surface area contributed by atoms with Crippen LogP contribution in [0.3, 0.4) is 0 Å². The molecule has 1 aromatic heterocycles. The first-order valence-corrected chi connectivity index (χ1v) is 7.18. The molecule has 1 aliphatic heterocycles. The predicted octanol–water partition coefficient (Wildman–Crippen LogP) is 2.74. The normalized spacial score (nSPS) is 27.0.